The molecule has 0 radical (unpaired) electrons. The van der Waals surface area contributed by atoms with E-state index in [1.54, 1.807) is 23.5 Å². The zero-order valence-electron chi connectivity index (χ0n) is 8.50. The summed E-state index contributed by atoms with van der Waals surface area (Å²) in [5.41, 5.74) is 0. The predicted octanol–water partition coefficient (Wildman–Crippen LogP) is 1.72. The van der Waals surface area contributed by atoms with Gasteiger partial charge in [0.05, 0.1) is 0 Å². The van der Waals surface area contributed by atoms with Crippen LogP contribution in [0.15, 0.2) is 0 Å². The summed E-state index contributed by atoms with van der Waals surface area (Å²) in [4.78, 5) is 0. The van der Waals surface area contributed by atoms with Gasteiger partial charge in [0, 0.05) is 0 Å². The molecule has 2 fully saturated rings. The van der Waals surface area contributed by atoms with E-state index in [0.717, 1.165) is 52.5 Å². The number of hydrogen-bond donors (Lipinski definition) is 1. The quantitative estimate of drug-likeness (QED) is 0.529. The topological polar surface area (TPSA) is 12.0 Å². The first-order valence-corrected chi connectivity index (χ1v) is 18.7. The van der Waals surface area contributed by atoms with Crippen molar-refractivity contribution < 1.29 is 0 Å². The van der Waals surface area contributed by atoms with Crippen LogP contribution in [-0.4, -0.2) is 65.6 Å². The molecule has 2 aliphatic rings. The van der Waals surface area contributed by atoms with Gasteiger partial charge >= 0.3 is 111 Å². The van der Waals surface area contributed by atoms with Crippen molar-refractivity contribution in [3.8, 4) is 0 Å². The van der Waals surface area contributed by atoms with E-state index in [1.165, 1.54) is 30.1 Å². The molecule has 0 unspecified atom stereocenters. The molecule has 1 N–H and O–H groups in total. The Morgan fingerprint density at radius 3 is 1.60 bits per heavy atom. The van der Waals surface area contributed by atoms with Crippen molar-refractivity contribution in [3.05, 3.63) is 0 Å². The molecule has 15 heavy (non-hydrogen) atoms. The van der Waals surface area contributed by atoms with Gasteiger partial charge in [-0.25, -0.2) is 0 Å². The fraction of sp³-hybridized carbons (Fsp3) is 1.00. The summed E-state index contributed by atoms with van der Waals surface area (Å²) in [7, 11) is 0. The van der Waals surface area contributed by atoms with Gasteiger partial charge in [0.15, 0.2) is 0 Å². The van der Waals surface area contributed by atoms with E-state index in [4.69, 9.17) is 0 Å². The number of rotatable bonds is 0. The van der Waals surface area contributed by atoms with Crippen molar-refractivity contribution in [1.82, 2.24) is 5.32 Å². The summed E-state index contributed by atoms with van der Waals surface area (Å²) in [5.74, 6) is 0. The Balaban J connectivity index is 0.000000245. The van der Waals surface area contributed by atoms with Crippen molar-refractivity contribution in [3.63, 3.8) is 0 Å². The van der Waals surface area contributed by atoms with Crippen LogP contribution in [-0.2, 0) is 0 Å². The second-order valence-electron chi connectivity index (χ2n) is 3.10. The third-order valence-corrected chi connectivity index (χ3v) is 16.9. The average molecular weight is 473 g/mol. The number of hydrogen-bond acceptors (Lipinski definition) is 1. The first kappa shape index (κ1) is 17.0. The van der Waals surface area contributed by atoms with E-state index in [0.29, 0.717) is 0 Å². The van der Waals surface area contributed by atoms with Gasteiger partial charge in [-0.05, 0) is 0 Å². The van der Waals surface area contributed by atoms with Crippen LogP contribution in [0, 0.1) is 0 Å². The predicted molar refractivity (Wildman–Crippen MR) is 75.7 cm³/mol. The van der Waals surface area contributed by atoms with E-state index in [2.05, 4.69) is 5.32 Å². The third kappa shape index (κ3) is 12.3. The van der Waals surface area contributed by atoms with Gasteiger partial charge in [-0.3, -0.25) is 0 Å². The van der Waals surface area contributed by atoms with Crippen LogP contribution < -0.4 is 5.32 Å². The van der Waals surface area contributed by atoms with E-state index < -0.39 is 0 Å². The molecule has 0 saturated carbocycles. The zero-order valence-corrected chi connectivity index (χ0v) is 15.3. The van der Waals surface area contributed by atoms with Crippen molar-refractivity contribution in [2.75, 3.05) is 13.1 Å². The molecule has 2 aliphatic heterocycles. The summed E-state index contributed by atoms with van der Waals surface area (Å²) in [6, 6.07) is 0. The molecule has 2 saturated heterocycles. The molecular weight excluding hydrogens is 450 g/mol. The summed E-state index contributed by atoms with van der Waals surface area (Å²) in [5, 5.41) is 9.52. The Hall–Kier alpha value is 2.04. The van der Waals surface area contributed by atoms with E-state index in [9.17, 15) is 0 Å². The molecule has 0 spiro atoms. The fourth-order valence-electron chi connectivity index (χ4n) is 1.09. The van der Waals surface area contributed by atoms with E-state index in [1.807, 2.05) is 0 Å². The first-order chi connectivity index (χ1) is 7.00. The van der Waals surface area contributed by atoms with E-state index in [-0.39, 0.29) is 7.43 Å². The summed E-state index contributed by atoms with van der Waals surface area (Å²) < 4.78 is 0. The van der Waals surface area contributed by atoms with Crippen LogP contribution >= 0.6 is 0 Å². The maximum atomic E-state index is 3.38. The molecule has 0 amide bonds. The molecule has 0 atom stereocenters. The Morgan fingerprint density at radius 2 is 1.07 bits per heavy atom. The second-order valence-corrected chi connectivity index (χ2v) is 18.8. The normalized spacial score (nSPS) is 22.4. The molecule has 0 bridgehead atoms. The summed E-state index contributed by atoms with van der Waals surface area (Å²) in [6.07, 6.45) is 4.62. The van der Waals surface area contributed by atoms with Crippen LogP contribution in [0.1, 0.15) is 26.7 Å². The molecular formula is C10H23NSe4. The number of nitrogens with one attached hydrogen (secondary N) is 1. The Morgan fingerprint density at radius 1 is 0.600 bits per heavy atom. The molecule has 0 aromatic heterocycles. The van der Waals surface area contributed by atoms with Crippen LogP contribution in [0.25, 0.3) is 0 Å². The Bertz CT molecular complexity index is 70.7. The van der Waals surface area contributed by atoms with Crippen molar-refractivity contribution in [1.29, 1.82) is 0 Å². The summed E-state index contributed by atoms with van der Waals surface area (Å²) >= 11 is 4.28. The molecule has 5 heteroatoms. The zero-order chi connectivity index (χ0) is 9.90. The first-order valence-electron chi connectivity index (χ1n) is 5.20. The summed E-state index contributed by atoms with van der Waals surface area (Å²) in [6.45, 7) is 2.59. The molecule has 1 nitrogen and oxygen atoms in total. The van der Waals surface area contributed by atoms with Crippen molar-refractivity contribution in [2.45, 2.75) is 48.0 Å². The molecule has 0 aromatic carbocycles. The van der Waals surface area contributed by atoms with Crippen LogP contribution in [0.5, 0.6) is 0 Å². The SMILES string of the molecule is C.C1CC[Se][Se]CC1.C1C[Se][Se]CCN1. The monoisotopic (exact) mass is 477 g/mol. The second kappa shape index (κ2) is 14.1. The van der Waals surface area contributed by atoms with Crippen molar-refractivity contribution in [2.24, 2.45) is 0 Å². The van der Waals surface area contributed by atoms with Crippen molar-refractivity contribution >= 4 is 52.5 Å². The van der Waals surface area contributed by atoms with Gasteiger partial charge in [-0.2, -0.15) is 0 Å². The van der Waals surface area contributed by atoms with Gasteiger partial charge in [0.25, 0.3) is 0 Å². The van der Waals surface area contributed by atoms with Gasteiger partial charge in [0.2, 0.25) is 0 Å². The Kier molecular flexibility index (Phi) is 16.0. The van der Waals surface area contributed by atoms with Gasteiger partial charge < -0.3 is 0 Å². The molecule has 2 heterocycles. The van der Waals surface area contributed by atoms with Gasteiger partial charge in [0.1, 0.15) is 0 Å². The molecule has 0 aliphatic carbocycles. The van der Waals surface area contributed by atoms with Gasteiger partial charge in [-0.15, -0.1) is 0 Å². The third-order valence-electron chi connectivity index (χ3n) is 1.85. The minimum absolute atomic E-state index is 0. The fourth-order valence-corrected chi connectivity index (χ4v) is 13.9. The minimum atomic E-state index is 0. The maximum absolute atomic E-state index is 3.38. The Labute approximate surface area is 118 Å². The average Bonchev–Trinajstić information content (AvgIpc) is 2.68. The van der Waals surface area contributed by atoms with Gasteiger partial charge in [-0.1, -0.05) is 7.43 Å². The van der Waals surface area contributed by atoms with Crippen LogP contribution in [0.4, 0.5) is 0 Å². The van der Waals surface area contributed by atoms with Crippen LogP contribution in [0.2, 0.25) is 21.3 Å². The standard InChI is InChI=1S/C5H10Se2.C4H9NSe2.CH4/c1-2-4-6-7-5-3-1;1-3-6-7-4-2-5-1;/h1-5H2;5H,1-4H2;1H4. The molecule has 92 valence electrons. The van der Waals surface area contributed by atoms with E-state index >= 15 is 0 Å². The van der Waals surface area contributed by atoms with Crippen LogP contribution in [0.3, 0.4) is 0 Å². The molecule has 0 aromatic rings. The molecule has 2 rings (SSSR count).